The van der Waals surface area contributed by atoms with Gasteiger partial charge in [0.2, 0.25) is 10.0 Å². The van der Waals surface area contributed by atoms with Crippen LogP contribution in [0.4, 0.5) is 5.82 Å². The maximum atomic E-state index is 12.9. The Hall–Kier alpha value is -3.30. The third-order valence-corrected chi connectivity index (χ3v) is 8.87. The highest BCUT2D eigenvalue weighted by molar-refractivity contribution is 7.90. The molecular formula is C27H32N6O2S. The number of pyridine rings is 2. The number of anilines is 1. The molecule has 1 aromatic carbocycles. The second kappa shape index (κ2) is 9.63. The summed E-state index contributed by atoms with van der Waals surface area (Å²) in [5.74, 6) is 1.43. The highest BCUT2D eigenvalue weighted by atomic mass is 32.2. The van der Waals surface area contributed by atoms with Crippen molar-refractivity contribution in [3.05, 3.63) is 65.8 Å². The first-order chi connectivity index (χ1) is 17.4. The molecule has 0 saturated heterocycles. The molecule has 4 aromatic rings. The Bertz CT molecular complexity index is 1560. The van der Waals surface area contributed by atoms with E-state index in [-0.39, 0.29) is 0 Å². The van der Waals surface area contributed by atoms with Gasteiger partial charge in [-0.15, -0.1) is 0 Å². The van der Waals surface area contributed by atoms with Gasteiger partial charge in [0, 0.05) is 24.5 Å². The van der Waals surface area contributed by atoms with E-state index < -0.39 is 14.8 Å². The first-order valence-electron chi connectivity index (χ1n) is 12.5. The number of nitrogen functional groups attached to an aromatic ring is 1. The standard InChI is InChI=1S/C27H32N6O2S/c1-2-3-14-22-32-23-24(20-12-4-5-13-21(20)31-26(23)28)33(22)18-7-6-15-27(36(29,34)35)16-8-10-19-11-9-17-30-25(19)27/h4-5,8-13,17H,2-3,6-7,14-16,18H2,1H3,(H2,28,31)(H2,29,34,35). The molecule has 1 unspecified atom stereocenters. The zero-order chi connectivity index (χ0) is 25.3. The van der Waals surface area contributed by atoms with Gasteiger partial charge in [0.1, 0.15) is 16.1 Å². The van der Waals surface area contributed by atoms with Crippen LogP contribution < -0.4 is 10.9 Å². The average molecular weight is 505 g/mol. The lowest BCUT2D eigenvalue weighted by molar-refractivity contribution is 0.452. The number of imidazole rings is 1. The summed E-state index contributed by atoms with van der Waals surface area (Å²) in [7, 11) is -3.88. The minimum Gasteiger partial charge on any atom is -0.382 e. The van der Waals surface area contributed by atoms with Gasteiger partial charge < -0.3 is 10.3 Å². The summed E-state index contributed by atoms with van der Waals surface area (Å²) < 4.78 is 26.8. The quantitative estimate of drug-likeness (QED) is 0.318. The minimum atomic E-state index is -3.88. The summed E-state index contributed by atoms with van der Waals surface area (Å²) in [6.07, 6.45) is 10.6. The highest BCUT2D eigenvalue weighted by Crippen LogP contribution is 2.42. The molecule has 1 atom stereocenters. The van der Waals surface area contributed by atoms with E-state index in [1.165, 1.54) is 0 Å². The Morgan fingerprint density at radius 3 is 2.72 bits per heavy atom. The maximum absolute atomic E-state index is 12.9. The van der Waals surface area contributed by atoms with Crippen LogP contribution in [0.1, 0.15) is 62.5 Å². The second-order valence-electron chi connectivity index (χ2n) is 9.54. The van der Waals surface area contributed by atoms with E-state index in [2.05, 4.69) is 27.5 Å². The fraction of sp³-hybridized carbons (Fsp3) is 0.370. The average Bonchev–Trinajstić information content (AvgIpc) is 3.24. The SMILES string of the molecule is CCCCc1nc2c(N)nc3ccccc3c2n1CCCCC1(S(N)(=O)=O)CC=Cc2cccnc21. The van der Waals surface area contributed by atoms with Crippen molar-refractivity contribution in [3.63, 3.8) is 0 Å². The predicted octanol–water partition coefficient (Wildman–Crippen LogP) is 4.68. The van der Waals surface area contributed by atoms with Crippen molar-refractivity contribution in [2.75, 3.05) is 5.73 Å². The van der Waals surface area contributed by atoms with E-state index >= 15 is 0 Å². The van der Waals surface area contributed by atoms with Crippen LogP contribution in [0.3, 0.4) is 0 Å². The molecule has 0 bridgehead atoms. The Kier molecular flexibility index (Phi) is 6.53. The summed E-state index contributed by atoms with van der Waals surface area (Å²) in [6, 6.07) is 11.7. The number of allylic oxidation sites excluding steroid dienone is 1. The summed E-state index contributed by atoms with van der Waals surface area (Å²) >= 11 is 0. The van der Waals surface area contributed by atoms with Crippen LogP contribution in [0.25, 0.3) is 28.0 Å². The second-order valence-corrected chi connectivity index (χ2v) is 11.4. The summed E-state index contributed by atoms with van der Waals surface area (Å²) in [5, 5.41) is 6.85. The summed E-state index contributed by atoms with van der Waals surface area (Å²) in [6.45, 7) is 2.87. The smallest absolute Gasteiger partial charge is 0.220 e. The maximum Gasteiger partial charge on any atom is 0.220 e. The lowest BCUT2D eigenvalue weighted by atomic mass is 9.86. The Morgan fingerprint density at radius 1 is 1.08 bits per heavy atom. The third kappa shape index (κ3) is 4.16. The van der Waals surface area contributed by atoms with Crippen LogP contribution in [-0.2, 0) is 27.7 Å². The molecule has 5 rings (SSSR count). The van der Waals surface area contributed by atoms with E-state index in [9.17, 15) is 8.42 Å². The third-order valence-electron chi connectivity index (χ3n) is 7.22. The van der Waals surface area contributed by atoms with Gasteiger partial charge in [0.15, 0.2) is 5.82 Å². The van der Waals surface area contributed by atoms with Gasteiger partial charge in [-0.2, -0.15) is 0 Å². The molecule has 188 valence electrons. The van der Waals surface area contributed by atoms with Crippen molar-refractivity contribution < 1.29 is 8.42 Å². The number of nitrogens with two attached hydrogens (primary N) is 2. The summed E-state index contributed by atoms with van der Waals surface area (Å²) in [5.41, 5.74) is 10.3. The molecular weight excluding hydrogens is 472 g/mol. The molecule has 0 amide bonds. The fourth-order valence-electron chi connectivity index (χ4n) is 5.37. The molecule has 0 aliphatic heterocycles. The number of sulfonamides is 1. The number of hydrogen-bond acceptors (Lipinski definition) is 6. The fourth-order valence-corrected chi connectivity index (χ4v) is 6.57. The molecule has 0 radical (unpaired) electrons. The van der Waals surface area contributed by atoms with Gasteiger partial charge in [0.25, 0.3) is 0 Å². The highest BCUT2D eigenvalue weighted by Gasteiger charge is 2.45. The molecule has 36 heavy (non-hydrogen) atoms. The monoisotopic (exact) mass is 504 g/mol. The van der Waals surface area contributed by atoms with Crippen molar-refractivity contribution in [2.45, 2.75) is 63.2 Å². The molecule has 0 spiro atoms. The zero-order valence-corrected chi connectivity index (χ0v) is 21.3. The van der Waals surface area contributed by atoms with Crippen molar-refractivity contribution in [3.8, 4) is 0 Å². The van der Waals surface area contributed by atoms with Crippen LogP contribution in [0.5, 0.6) is 0 Å². The van der Waals surface area contributed by atoms with E-state index in [4.69, 9.17) is 15.9 Å². The number of fused-ring (bicyclic) bond motifs is 4. The zero-order valence-electron chi connectivity index (χ0n) is 20.5. The van der Waals surface area contributed by atoms with Crippen LogP contribution in [0.2, 0.25) is 0 Å². The number of para-hydroxylation sites is 1. The number of rotatable bonds is 9. The van der Waals surface area contributed by atoms with Gasteiger partial charge in [-0.3, -0.25) is 4.98 Å². The molecule has 0 saturated carbocycles. The van der Waals surface area contributed by atoms with Gasteiger partial charge in [-0.1, -0.05) is 49.8 Å². The number of primary sulfonamides is 1. The Balaban J connectivity index is 1.46. The number of benzene rings is 1. The number of hydrogen-bond donors (Lipinski definition) is 2. The van der Waals surface area contributed by atoms with Crippen molar-refractivity contribution in [1.29, 1.82) is 0 Å². The van der Waals surface area contributed by atoms with Gasteiger partial charge >= 0.3 is 0 Å². The van der Waals surface area contributed by atoms with Crippen molar-refractivity contribution in [2.24, 2.45) is 5.14 Å². The van der Waals surface area contributed by atoms with Crippen LogP contribution >= 0.6 is 0 Å². The lowest BCUT2D eigenvalue weighted by Gasteiger charge is -2.33. The van der Waals surface area contributed by atoms with Crippen molar-refractivity contribution >= 4 is 43.9 Å². The van der Waals surface area contributed by atoms with E-state index in [1.807, 2.05) is 42.5 Å². The van der Waals surface area contributed by atoms with Crippen LogP contribution in [-0.4, -0.2) is 27.9 Å². The molecule has 3 aromatic heterocycles. The van der Waals surface area contributed by atoms with Crippen molar-refractivity contribution in [1.82, 2.24) is 19.5 Å². The van der Waals surface area contributed by atoms with Crippen LogP contribution in [0, 0.1) is 0 Å². The Labute approximate surface area is 211 Å². The molecule has 4 N–H and O–H groups in total. The van der Waals surface area contributed by atoms with Gasteiger partial charge in [-0.05, 0) is 49.8 Å². The molecule has 8 nitrogen and oxygen atoms in total. The topological polar surface area (TPSA) is 130 Å². The number of nitrogens with zero attached hydrogens (tertiary/aromatic N) is 4. The van der Waals surface area contributed by atoms with Gasteiger partial charge in [0.05, 0.1) is 16.7 Å². The lowest BCUT2D eigenvalue weighted by Crippen LogP contribution is -2.42. The molecule has 3 heterocycles. The first kappa shape index (κ1) is 24.4. The summed E-state index contributed by atoms with van der Waals surface area (Å²) in [4.78, 5) is 13.9. The normalized spacial score (nSPS) is 17.6. The number of aromatic nitrogens is 4. The Morgan fingerprint density at radius 2 is 1.92 bits per heavy atom. The number of unbranched alkanes of at least 4 members (excludes halogenated alkanes) is 2. The van der Waals surface area contributed by atoms with Crippen LogP contribution in [0.15, 0.2) is 48.7 Å². The molecule has 9 heteroatoms. The van der Waals surface area contributed by atoms with E-state index in [0.29, 0.717) is 37.3 Å². The minimum absolute atomic E-state index is 0.332. The molecule has 1 aliphatic rings. The largest absolute Gasteiger partial charge is 0.382 e. The van der Waals surface area contributed by atoms with Gasteiger partial charge in [-0.25, -0.2) is 23.5 Å². The molecule has 1 aliphatic carbocycles. The van der Waals surface area contributed by atoms with E-state index in [1.54, 1.807) is 6.20 Å². The number of aryl methyl sites for hydroxylation is 2. The first-order valence-corrected chi connectivity index (χ1v) is 14.1. The molecule has 0 fully saturated rings. The predicted molar refractivity (Wildman–Crippen MR) is 145 cm³/mol. The van der Waals surface area contributed by atoms with E-state index in [0.717, 1.165) is 59.0 Å².